The smallest absolute Gasteiger partial charge is 0.147 e. The van der Waals surface area contributed by atoms with E-state index in [1.165, 1.54) is 54.2 Å². The normalized spacial score (nSPS) is 7.22. The molecule has 0 aromatic rings. The fourth-order valence-corrected chi connectivity index (χ4v) is 1.40. The number of unbranched alkanes of at least 4 members (excludes halogenated alkanes) is 3. The summed E-state index contributed by atoms with van der Waals surface area (Å²) in [5, 5.41) is 0. The van der Waals surface area contributed by atoms with Crippen LogP contribution in [0.3, 0.4) is 0 Å². The molecule has 0 atom stereocenters. The van der Waals surface area contributed by atoms with Crippen LogP contribution in [0.1, 0.15) is 32.6 Å². The van der Waals surface area contributed by atoms with E-state index in [4.69, 9.17) is 0 Å². The Morgan fingerprint density at radius 3 is 1.89 bits per heavy atom. The minimum Gasteiger partial charge on any atom is -0.147 e. The summed E-state index contributed by atoms with van der Waals surface area (Å²) in [4.78, 5) is 0. The first-order valence-corrected chi connectivity index (χ1v) is 5.45. The van der Waals surface area contributed by atoms with Gasteiger partial charge in [-0.05, 0) is 0 Å². The first-order valence-electron chi connectivity index (χ1n) is 3.12. The van der Waals surface area contributed by atoms with Crippen LogP contribution in [0.5, 0.6) is 0 Å². The van der Waals surface area contributed by atoms with E-state index in [0.29, 0.717) is 0 Å². The fraction of sp³-hybridized carbons (Fsp3) is 1.00. The Kier molecular flexibility index (Phi) is 30.3. The van der Waals surface area contributed by atoms with Crippen LogP contribution >= 0.6 is 24.8 Å². The molecule has 0 N–H and O–H groups in total. The molecule has 0 bridgehead atoms. The fourth-order valence-electron chi connectivity index (χ4n) is 0.571. The van der Waals surface area contributed by atoms with Gasteiger partial charge in [0, 0.05) is 0 Å². The second-order valence-corrected chi connectivity index (χ2v) is 3.50. The van der Waals surface area contributed by atoms with Crippen LogP contribution < -0.4 is 0 Å². The molecule has 0 nitrogen and oxygen atoms in total. The molecule has 0 aliphatic rings. The molecule has 3 heteroatoms. The summed E-state index contributed by atoms with van der Waals surface area (Å²) >= 11 is 1.46. The van der Waals surface area contributed by atoms with Gasteiger partial charge in [0.2, 0.25) is 0 Å². The molecule has 0 spiro atoms. The first-order chi connectivity index (χ1) is 3.41. The molecule has 0 aliphatic carbocycles. The van der Waals surface area contributed by atoms with E-state index in [2.05, 4.69) is 6.92 Å². The Hall–Kier alpha value is 1.45. The molecule has 0 saturated heterocycles. The van der Waals surface area contributed by atoms with Crippen LogP contribution in [0.4, 0.5) is 0 Å². The average molecular weight is 273 g/mol. The SMILES string of the molecule is CCCCC[CH2][In].Cl.Cl. The zero-order valence-electron chi connectivity index (χ0n) is 5.93. The van der Waals surface area contributed by atoms with Crippen LogP contribution in [0, 0.1) is 0 Å². The van der Waals surface area contributed by atoms with E-state index in [0.717, 1.165) is 0 Å². The molecule has 2 radical (unpaired) electrons. The molecule has 56 valence electrons. The predicted octanol–water partition coefficient (Wildman–Crippen LogP) is 3.00. The Morgan fingerprint density at radius 2 is 1.56 bits per heavy atom. The summed E-state index contributed by atoms with van der Waals surface area (Å²) in [6, 6.07) is 0. The summed E-state index contributed by atoms with van der Waals surface area (Å²) in [5.41, 5.74) is 0. The maximum Gasteiger partial charge on any atom is -0.147 e. The number of hydrogen-bond acceptors (Lipinski definition) is 0. The Bertz CT molecular complexity index is 30.2. The van der Waals surface area contributed by atoms with E-state index in [-0.39, 0.29) is 24.8 Å². The summed E-state index contributed by atoms with van der Waals surface area (Å²) in [5.74, 6) is 0. The third-order valence-electron chi connectivity index (χ3n) is 1.06. The second kappa shape index (κ2) is 16.2. The Balaban J connectivity index is -0.000000180. The van der Waals surface area contributed by atoms with Gasteiger partial charge in [-0.25, -0.2) is 0 Å². The topological polar surface area (TPSA) is 0 Å². The van der Waals surface area contributed by atoms with Crippen LogP contribution in [0.25, 0.3) is 0 Å². The Labute approximate surface area is 85.6 Å². The van der Waals surface area contributed by atoms with Crippen molar-refractivity contribution in [1.29, 1.82) is 0 Å². The molecule has 0 aliphatic heterocycles. The van der Waals surface area contributed by atoms with Gasteiger partial charge in [0.15, 0.2) is 0 Å². The largest absolute Gasteiger partial charge is 0.147 e. The molecule has 0 unspecified atom stereocenters. The van der Waals surface area contributed by atoms with Crippen molar-refractivity contribution < 1.29 is 0 Å². The van der Waals surface area contributed by atoms with E-state index < -0.39 is 0 Å². The quantitative estimate of drug-likeness (QED) is 0.691. The molecule has 0 heterocycles. The van der Waals surface area contributed by atoms with Crippen LogP contribution in [-0.4, -0.2) is 24.4 Å². The molecule has 0 amide bonds. The van der Waals surface area contributed by atoms with Gasteiger partial charge >= 0.3 is 61.2 Å². The van der Waals surface area contributed by atoms with Crippen molar-refractivity contribution in [3.63, 3.8) is 0 Å². The molecular weight excluding hydrogens is 258 g/mol. The van der Waals surface area contributed by atoms with Crippen molar-refractivity contribution in [2.75, 3.05) is 0 Å². The summed E-state index contributed by atoms with van der Waals surface area (Å²) < 4.78 is 1.49. The standard InChI is InChI=1S/C6H13.2ClH.In/c1-3-5-6-4-2;;;/h1,3-6H2,2H3;2*1H;. The van der Waals surface area contributed by atoms with Gasteiger partial charge in [-0.15, -0.1) is 24.8 Å². The average Bonchev–Trinajstić information content (AvgIpc) is 1.69. The van der Waals surface area contributed by atoms with Crippen molar-refractivity contribution in [2.24, 2.45) is 0 Å². The molecule has 9 heavy (non-hydrogen) atoms. The second-order valence-electron chi connectivity index (χ2n) is 1.85. The maximum atomic E-state index is 2.26. The van der Waals surface area contributed by atoms with Crippen LogP contribution in [0.2, 0.25) is 4.18 Å². The van der Waals surface area contributed by atoms with E-state index in [1.54, 1.807) is 0 Å². The summed E-state index contributed by atoms with van der Waals surface area (Å²) in [6.45, 7) is 2.26. The van der Waals surface area contributed by atoms with E-state index >= 15 is 0 Å². The van der Waals surface area contributed by atoms with E-state index in [9.17, 15) is 0 Å². The van der Waals surface area contributed by atoms with Gasteiger partial charge in [-0.3, -0.25) is 0 Å². The predicted molar refractivity (Wildman–Crippen MR) is 49.2 cm³/mol. The van der Waals surface area contributed by atoms with Gasteiger partial charge < -0.3 is 0 Å². The summed E-state index contributed by atoms with van der Waals surface area (Å²) in [7, 11) is 0. The molecule has 0 aromatic heterocycles. The number of rotatable bonds is 4. The monoisotopic (exact) mass is 272 g/mol. The van der Waals surface area contributed by atoms with Crippen molar-refractivity contribution in [3.05, 3.63) is 0 Å². The maximum absolute atomic E-state index is 2.26. The molecule has 0 fully saturated rings. The first kappa shape index (κ1) is 16.8. The van der Waals surface area contributed by atoms with Crippen molar-refractivity contribution >= 4 is 49.2 Å². The van der Waals surface area contributed by atoms with E-state index in [1.807, 2.05) is 0 Å². The minimum absolute atomic E-state index is 0. The third kappa shape index (κ3) is 17.7. The van der Waals surface area contributed by atoms with Crippen LogP contribution in [-0.2, 0) is 0 Å². The number of halogens is 2. The van der Waals surface area contributed by atoms with Crippen LogP contribution in [0.15, 0.2) is 0 Å². The van der Waals surface area contributed by atoms with Crippen molar-refractivity contribution in [2.45, 2.75) is 36.8 Å². The van der Waals surface area contributed by atoms with Gasteiger partial charge in [0.1, 0.15) is 0 Å². The van der Waals surface area contributed by atoms with Gasteiger partial charge in [0.25, 0.3) is 0 Å². The van der Waals surface area contributed by atoms with Gasteiger partial charge in [-0.1, -0.05) is 0 Å². The van der Waals surface area contributed by atoms with Crippen molar-refractivity contribution in [1.82, 2.24) is 0 Å². The molecule has 0 aromatic carbocycles. The van der Waals surface area contributed by atoms with Crippen molar-refractivity contribution in [3.8, 4) is 0 Å². The third-order valence-corrected chi connectivity index (χ3v) is 2.22. The summed E-state index contributed by atoms with van der Waals surface area (Å²) in [6.07, 6.45) is 5.77. The molecular formula is C6H15Cl2In. The molecule has 0 rings (SSSR count). The Morgan fingerprint density at radius 1 is 1.00 bits per heavy atom. The zero-order valence-corrected chi connectivity index (χ0v) is 10.9. The minimum atomic E-state index is 0. The number of hydrogen-bond donors (Lipinski definition) is 0. The van der Waals surface area contributed by atoms with Gasteiger partial charge in [-0.2, -0.15) is 0 Å². The van der Waals surface area contributed by atoms with Gasteiger partial charge in [0.05, 0.1) is 0 Å². The molecule has 0 saturated carbocycles. The zero-order chi connectivity index (χ0) is 5.54.